The fraction of sp³-hybridized carbons (Fsp3) is 1.00. The second-order valence-corrected chi connectivity index (χ2v) is 5.31. The summed E-state index contributed by atoms with van der Waals surface area (Å²) < 4.78 is 34.2. The highest BCUT2D eigenvalue weighted by Crippen LogP contribution is 2.43. The first kappa shape index (κ1) is 10.7. The molecular formula is C11H16O6. The lowest BCUT2D eigenvalue weighted by molar-refractivity contribution is -0.342. The van der Waals surface area contributed by atoms with Crippen LogP contribution in [0.5, 0.6) is 0 Å². The lowest BCUT2D eigenvalue weighted by atomic mass is 10.0. The van der Waals surface area contributed by atoms with Crippen LogP contribution >= 0.6 is 0 Å². The summed E-state index contributed by atoms with van der Waals surface area (Å²) in [6.07, 6.45) is -1.17. The molecule has 0 N–H and O–H groups in total. The molecule has 4 rings (SSSR count). The summed E-state index contributed by atoms with van der Waals surface area (Å²) in [6, 6.07) is 0. The topological polar surface area (TPSA) is 55.4 Å². The Kier molecular flexibility index (Phi) is 2.13. The lowest BCUT2D eigenvalue weighted by Crippen LogP contribution is -2.57. The van der Waals surface area contributed by atoms with Crippen molar-refractivity contribution in [2.24, 2.45) is 0 Å². The van der Waals surface area contributed by atoms with Crippen LogP contribution in [0.1, 0.15) is 13.8 Å². The van der Waals surface area contributed by atoms with Crippen LogP contribution in [0.25, 0.3) is 0 Å². The van der Waals surface area contributed by atoms with E-state index in [0.29, 0.717) is 13.2 Å². The number of fused-ring (bicyclic) bond motifs is 6. The molecule has 6 heteroatoms. The van der Waals surface area contributed by atoms with E-state index in [0.717, 1.165) is 0 Å². The van der Waals surface area contributed by atoms with E-state index < -0.39 is 5.79 Å². The molecule has 0 radical (unpaired) electrons. The van der Waals surface area contributed by atoms with Crippen LogP contribution < -0.4 is 0 Å². The highest BCUT2D eigenvalue weighted by atomic mass is 16.9. The van der Waals surface area contributed by atoms with Gasteiger partial charge < -0.3 is 28.4 Å². The zero-order chi connectivity index (χ0) is 11.6. The van der Waals surface area contributed by atoms with Gasteiger partial charge >= 0.3 is 0 Å². The monoisotopic (exact) mass is 244 g/mol. The predicted octanol–water partition coefficient (Wildman–Crippen LogP) is 0.00310. The van der Waals surface area contributed by atoms with E-state index in [4.69, 9.17) is 28.4 Å². The molecule has 4 aliphatic rings. The van der Waals surface area contributed by atoms with Crippen molar-refractivity contribution in [2.45, 2.75) is 56.6 Å². The van der Waals surface area contributed by atoms with Crippen LogP contribution in [-0.4, -0.2) is 56.0 Å². The highest BCUT2D eigenvalue weighted by Gasteiger charge is 2.60. The molecule has 0 saturated carbocycles. The minimum Gasteiger partial charge on any atom is -0.373 e. The fourth-order valence-corrected chi connectivity index (χ4v) is 2.93. The van der Waals surface area contributed by atoms with Crippen molar-refractivity contribution in [3.63, 3.8) is 0 Å². The molecule has 0 amide bonds. The van der Waals surface area contributed by atoms with Crippen LogP contribution in [0.15, 0.2) is 0 Å². The van der Waals surface area contributed by atoms with Crippen molar-refractivity contribution in [3.05, 3.63) is 0 Å². The van der Waals surface area contributed by atoms with Crippen molar-refractivity contribution < 1.29 is 28.4 Å². The first-order chi connectivity index (χ1) is 8.12. The normalized spacial score (nSPS) is 55.4. The molecule has 0 spiro atoms. The second kappa shape index (κ2) is 3.40. The van der Waals surface area contributed by atoms with Crippen LogP contribution in [0.2, 0.25) is 0 Å². The van der Waals surface area contributed by atoms with Crippen LogP contribution in [0, 0.1) is 0 Å². The van der Waals surface area contributed by atoms with Gasteiger partial charge in [-0.1, -0.05) is 0 Å². The van der Waals surface area contributed by atoms with E-state index in [1.807, 2.05) is 13.8 Å². The molecule has 4 aliphatic heterocycles. The Morgan fingerprint density at radius 3 is 2.65 bits per heavy atom. The molecule has 4 heterocycles. The van der Waals surface area contributed by atoms with Gasteiger partial charge in [0, 0.05) is 0 Å². The molecule has 6 atom stereocenters. The van der Waals surface area contributed by atoms with Gasteiger partial charge in [0.15, 0.2) is 18.4 Å². The summed E-state index contributed by atoms with van der Waals surface area (Å²) >= 11 is 0. The number of rotatable bonds is 0. The highest BCUT2D eigenvalue weighted by molar-refractivity contribution is 5.00. The molecule has 2 bridgehead atoms. The third-order valence-electron chi connectivity index (χ3n) is 3.56. The Bertz CT molecular complexity index is 332. The molecule has 4 fully saturated rings. The van der Waals surface area contributed by atoms with E-state index in [9.17, 15) is 0 Å². The zero-order valence-electron chi connectivity index (χ0n) is 9.83. The molecule has 17 heavy (non-hydrogen) atoms. The zero-order valence-corrected chi connectivity index (χ0v) is 9.83. The Labute approximate surface area is 99.0 Å². The molecular weight excluding hydrogens is 228 g/mol. The number of hydrogen-bond acceptors (Lipinski definition) is 6. The van der Waals surface area contributed by atoms with Crippen molar-refractivity contribution in [3.8, 4) is 0 Å². The van der Waals surface area contributed by atoms with Gasteiger partial charge in [0.1, 0.15) is 24.4 Å². The van der Waals surface area contributed by atoms with Crippen LogP contribution in [-0.2, 0) is 28.4 Å². The largest absolute Gasteiger partial charge is 0.373 e. The quantitative estimate of drug-likeness (QED) is 0.598. The van der Waals surface area contributed by atoms with Crippen LogP contribution in [0.4, 0.5) is 0 Å². The summed E-state index contributed by atoms with van der Waals surface area (Å²) in [4.78, 5) is 0. The number of ether oxygens (including phenoxy) is 6. The van der Waals surface area contributed by atoms with Gasteiger partial charge in [-0.25, -0.2) is 0 Å². The summed E-state index contributed by atoms with van der Waals surface area (Å²) in [5.74, 6) is -0.604. The van der Waals surface area contributed by atoms with Gasteiger partial charge in [-0.05, 0) is 13.8 Å². The molecule has 0 aromatic rings. The summed E-state index contributed by atoms with van der Waals surface area (Å²) in [7, 11) is 0. The van der Waals surface area contributed by atoms with Crippen LogP contribution in [0.3, 0.4) is 0 Å². The van der Waals surface area contributed by atoms with Crippen molar-refractivity contribution in [1.29, 1.82) is 0 Å². The van der Waals surface area contributed by atoms with Gasteiger partial charge in [0.05, 0.1) is 13.2 Å². The predicted molar refractivity (Wildman–Crippen MR) is 53.1 cm³/mol. The summed E-state index contributed by atoms with van der Waals surface area (Å²) in [6.45, 7) is 4.78. The third kappa shape index (κ3) is 1.56. The minimum atomic E-state index is -0.604. The van der Waals surface area contributed by atoms with Gasteiger partial charge in [-0.3, -0.25) is 0 Å². The van der Waals surface area contributed by atoms with E-state index in [1.165, 1.54) is 0 Å². The smallest absolute Gasteiger partial charge is 0.190 e. The average Bonchev–Trinajstić information content (AvgIpc) is 2.72. The van der Waals surface area contributed by atoms with Crippen molar-refractivity contribution in [2.75, 3.05) is 13.2 Å². The van der Waals surface area contributed by atoms with E-state index >= 15 is 0 Å². The first-order valence-electron chi connectivity index (χ1n) is 6.02. The average molecular weight is 244 g/mol. The SMILES string of the molecule is CC1(C)O[C@H]2O[C@H]3[C@H](O[C@H]4COC[C@@H]3O4)[C@@H]2O1. The Hall–Kier alpha value is -0.240. The van der Waals surface area contributed by atoms with Gasteiger partial charge in [0.25, 0.3) is 0 Å². The molecule has 0 aromatic carbocycles. The minimum absolute atomic E-state index is 0.0755. The Balaban J connectivity index is 1.59. The van der Waals surface area contributed by atoms with Gasteiger partial charge in [-0.2, -0.15) is 0 Å². The van der Waals surface area contributed by atoms with Crippen molar-refractivity contribution >= 4 is 0 Å². The molecule has 4 saturated heterocycles. The summed E-state index contributed by atoms with van der Waals surface area (Å²) in [5.41, 5.74) is 0. The lowest BCUT2D eigenvalue weighted by Gasteiger charge is -2.42. The standard InChI is InChI=1S/C11H16O6/c1-11(2)16-9-8-7(15-10(9)17-11)5-3-12-4-6(13-5)14-8/h5-10H,3-4H2,1-2H3/t5-,6-,7+,8-,9-,10+/m0/s1. The van der Waals surface area contributed by atoms with Gasteiger partial charge in [0.2, 0.25) is 0 Å². The van der Waals surface area contributed by atoms with E-state index in [1.54, 1.807) is 0 Å². The maximum absolute atomic E-state index is 5.84. The Morgan fingerprint density at radius 1 is 0.882 bits per heavy atom. The van der Waals surface area contributed by atoms with Crippen molar-refractivity contribution in [1.82, 2.24) is 0 Å². The maximum atomic E-state index is 5.84. The molecule has 0 aromatic heterocycles. The molecule has 6 nitrogen and oxygen atoms in total. The first-order valence-corrected chi connectivity index (χ1v) is 6.02. The number of hydrogen-bond donors (Lipinski definition) is 0. The fourth-order valence-electron chi connectivity index (χ4n) is 2.93. The molecule has 0 unspecified atom stereocenters. The van der Waals surface area contributed by atoms with E-state index in [2.05, 4.69) is 0 Å². The molecule has 0 aliphatic carbocycles. The molecule has 96 valence electrons. The Morgan fingerprint density at radius 2 is 1.76 bits per heavy atom. The maximum Gasteiger partial charge on any atom is 0.190 e. The third-order valence-corrected chi connectivity index (χ3v) is 3.56. The second-order valence-electron chi connectivity index (χ2n) is 5.31. The van der Waals surface area contributed by atoms with E-state index in [-0.39, 0.29) is 37.0 Å². The summed E-state index contributed by atoms with van der Waals surface area (Å²) in [5, 5.41) is 0. The van der Waals surface area contributed by atoms with Gasteiger partial charge in [-0.15, -0.1) is 0 Å².